The smallest absolute Gasteiger partial charge is 0.415 e. The van der Waals surface area contributed by atoms with Crippen LogP contribution in [0.25, 0.3) is 0 Å². The molecule has 2 heterocycles. The average molecular weight is 542 g/mol. The van der Waals surface area contributed by atoms with Gasteiger partial charge in [0.2, 0.25) is 5.95 Å². The van der Waals surface area contributed by atoms with Crippen molar-refractivity contribution in [3.05, 3.63) is 46.3 Å². The molecule has 6 N–H and O–H groups in total. The number of nitrogens with one attached hydrogen (secondary N) is 1. The van der Waals surface area contributed by atoms with Gasteiger partial charge in [-0.1, -0.05) is 17.7 Å². The first kappa shape index (κ1) is 28.5. The maximum atomic E-state index is 12.7. The molecular weight excluding hydrogens is 511 g/mol. The van der Waals surface area contributed by atoms with Gasteiger partial charge in [-0.15, -0.1) is 0 Å². The zero-order chi connectivity index (χ0) is 27.3. The number of anilines is 2. The zero-order valence-corrected chi connectivity index (χ0v) is 21.6. The fourth-order valence-electron chi connectivity index (χ4n) is 4.12. The van der Waals surface area contributed by atoms with E-state index < -0.39 is 18.8 Å². The molecule has 1 aliphatic heterocycles. The third kappa shape index (κ3) is 7.70. The summed E-state index contributed by atoms with van der Waals surface area (Å²) in [4.78, 5) is 14.4. The molecule has 0 bridgehead atoms. The Balaban J connectivity index is 1.76. The molecule has 13 heteroatoms. The number of rotatable bonds is 8. The highest BCUT2D eigenvalue weighted by Gasteiger charge is 2.39. The van der Waals surface area contributed by atoms with Gasteiger partial charge in [-0.25, -0.2) is 9.98 Å². The second-order valence-electron chi connectivity index (χ2n) is 8.96. The van der Waals surface area contributed by atoms with Gasteiger partial charge >= 0.3 is 6.18 Å². The van der Waals surface area contributed by atoms with Crippen molar-refractivity contribution in [3.8, 4) is 5.75 Å². The van der Waals surface area contributed by atoms with Gasteiger partial charge in [0.25, 0.3) is 0 Å². The Morgan fingerprint density at radius 1 is 1.35 bits per heavy atom. The normalized spacial score (nSPS) is 17.1. The molecule has 3 rings (SSSR count). The summed E-state index contributed by atoms with van der Waals surface area (Å²) in [6.07, 6.45) is -2.77. The van der Waals surface area contributed by atoms with Crippen LogP contribution in [0, 0.1) is 6.92 Å². The number of nitrogens with zero attached hydrogens (tertiary/aromatic N) is 4. The molecule has 202 valence electrons. The lowest BCUT2D eigenvalue weighted by atomic mass is 9.87. The van der Waals surface area contributed by atoms with Crippen LogP contribution < -0.4 is 21.5 Å². The van der Waals surface area contributed by atoms with Gasteiger partial charge < -0.3 is 31.5 Å². The monoisotopic (exact) mass is 541 g/mol. The first-order valence-corrected chi connectivity index (χ1v) is 12.0. The van der Waals surface area contributed by atoms with Gasteiger partial charge in [0.1, 0.15) is 16.6 Å². The Morgan fingerprint density at radius 3 is 2.62 bits per heavy atom. The Kier molecular flexibility index (Phi) is 9.21. The number of hydrogen-bond acceptors (Lipinski definition) is 8. The van der Waals surface area contributed by atoms with E-state index in [4.69, 9.17) is 27.8 Å². The molecule has 0 spiro atoms. The van der Waals surface area contributed by atoms with E-state index in [-0.39, 0.29) is 28.5 Å². The van der Waals surface area contributed by atoms with E-state index in [0.717, 1.165) is 11.1 Å². The van der Waals surface area contributed by atoms with Crippen LogP contribution in [-0.2, 0) is 0 Å². The minimum Gasteiger partial charge on any atom is -0.496 e. The molecule has 1 aromatic heterocycles. The van der Waals surface area contributed by atoms with Crippen LogP contribution in [0.3, 0.4) is 0 Å². The molecule has 1 atom stereocenters. The molecule has 1 saturated heterocycles. The van der Waals surface area contributed by atoms with E-state index >= 15 is 0 Å². The summed E-state index contributed by atoms with van der Waals surface area (Å²) >= 11 is 6.17. The molecule has 9 nitrogen and oxygen atoms in total. The molecule has 1 fully saturated rings. The van der Waals surface area contributed by atoms with E-state index in [1.165, 1.54) is 12.3 Å². The number of β-amino-alcohol motifs (C(OH)–C–C–N with tert-alkyl or cyclic N) is 1. The minimum atomic E-state index is -4.62. The number of benzene rings is 1. The molecule has 1 unspecified atom stereocenters. The standard InChI is InChI=1S/C24H31ClF3N7O2/c1-13-8-16(15-4-6-35(7-5-15)12-20(36)24(26,27)28)19(37-3)10-18(13)32-23-31-11-17(25)22(34-23)33-21(30)9-14(2)29/h8-11,15,20,36H,4-7,12,29H2,1-3H3,(H3,30,31,32,33,34)/b14-9-. The highest BCUT2D eigenvalue weighted by atomic mass is 35.5. The molecule has 0 amide bonds. The summed E-state index contributed by atoms with van der Waals surface area (Å²) in [6.45, 7) is 4.07. The van der Waals surface area contributed by atoms with Crippen LogP contribution in [-0.4, -0.2) is 64.8 Å². The van der Waals surface area contributed by atoms with Crippen molar-refractivity contribution in [1.82, 2.24) is 14.9 Å². The van der Waals surface area contributed by atoms with Gasteiger partial charge in [-0.3, -0.25) is 0 Å². The Hall–Kier alpha value is -3.09. The van der Waals surface area contributed by atoms with Crippen LogP contribution >= 0.6 is 11.6 Å². The quantitative estimate of drug-likeness (QED) is 0.289. The van der Waals surface area contributed by atoms with E-state index in [0.29, 0.717) is 43.1 Å². The molecule has 0 aliphatic carbocycles. The average Bonchev–Trinajstić information content (AvgIpc) is 2.81. The van der Waals surface area contributed by atoms with E-state index in [2.05, 4.69) is 20.3 Å². The van der Waals surface area contributed by atoms with Gasteiger partial charge in [0.15, 0.2) is 11.9 Å². The SMILES string of the molecule is COc1cc(Nc2ncc(Cl)c(N=C(N)/C=C(/C)N)n2)c(C)cc1C1CCN(CC(O)C(F)(F)F)CC1. The topological polar surface area (TPSA) is 135 Å². The largest absolute Gasteiger partial charge is 0.496 e. The third-order valence-corrected chi connectivity index (χ3v) is 6.26. The predicted molar refractivity (Wildman–Crippen MR) is 138 cm³/mol. The van der Waals surface area contributed by atoms with Crippen LogP contribution in [0.1, 0.15) is 36.8 Å². The Labute approximate surface area is 218 Å². The lowest BCUT2D eigenvalue weighted by Crippen LogP contribution is -2.44. The summed E-state index contributed by atoms with van der Waals surface area (Å²) in [5.41, 5.74) is 14.5. The number of allylic oxidation sites excluding steroid dienone is 1. The lowest BCUT2D eigenvalue weighted by Gasteiger charge is -2.34. The second-order valence-corrected chi connectivity index (χ2v) is 9.36. The third-order valence-electron chi connectivity index (χ3n) is 6.00. The van der Waals surface area contributed by atoms with Crippen molar-refractivity contribution in [2.75, 3.05) is 32.1 Å². The van der Waals surface area contributed by atoms with Crippen molar-refractivity contribution in [2.45, 2.75) is 44.9 Å². The van der Waals surface area contributed by atoms with Crippen LogP contribution in [0.15, 0.2) is 35.1 Å². The van der Waals surface area contributed by atoms with Gasteiger partial charge in [0, 0.05) is 24.0 Å². The lowest BCUT2D eigenvalue weighted by molar-refractivity contribution is -0.208. The summed E-state index contributed by atoms with van der Waals surface area (Å²) < 4.78 is 43.7. The van der Waals surface area contributed by atoms with Gasteiger partial charge in [-0.05, 0) is 62.9 Å². The fourth-order valence-corrected chi connectivity index (χ4v) is 4.25. The number of hydrogen-bond donors (Lipinski definition) is 4. The van der Waals surface area contributed by atoms with Crippen molar-refractivity contribution in [1.29, 1.82) is 0 Å². The number of aliphatic hydroxyl groups is 1. The van der Waals surface area contributed by atoms with E-state index in [1.807, 2.05) is 19.1 Å². The van der Waals surface area contributed by atoms with Crippen molar-refractivity contribution < 1.29 is 23.0 Å². The Bertz CT molecular complexity index is 1160. The minimum absolute atomic E-state index is 0.108. The highest BCUT2D eigenvalue weighted by Crippen LogP contribution is 2.38. The number of methoxy groups -OCH3 is 1. The van der Waals surface area contributed by atoms with Crippen LogP contribution in [0.4, 0.5) is 30.6 Å². The molecule has 37 heavy (non-hydrogen) atoms. The second kappa shape index (κ2) is 12.0. The number of halogens is 4. The maximum Gasteiger partial charge on any atom is 0.415 e. The molecule has 0 radical (unpaired) electrons. The van der Waals surface area contributed by atoms with Crippen LogP contribution in [0.5, 0.6) is 5.75 Å². The number of aliphatic hydroxyl groups excluding tert-OH is 1. The first-order chi connectivity index (χ1) is 17.4. The first-order valence-electron chi connectivity index (χ1n) is 11.6. The number of ether oxygens (including phenoxy) is 1. The number of aromatic nitrogens is 2. The number of amidine groups is 1. The molecule has 0 saturated carbocycles. The summed E-state index contributed by atoms with van der Waals surface area (Å²) in [5, 5.41) is 12.7. The van der Waals surface area contributed by atoms with Crippen molar-refractivity contribution in [3.63, 3.8) is 0 Å². The van der Waals surface area contributed by atoms with Crippen molar-refractivity contribution in [2.24, 2.45) is 16.5 Å². The molecular formula is C24H31ClF3N7O2. The number of nitrogens with two attached hydrogens (primary N) is 2. The maximum absolute atomic E-state index is 12.7. The number of piperidine rings is 1. The van der Waals surface area contributed by atoms with E-state index in [9.17, 15) is 18.3 Å². The predicted octanol–water partition coefficient (Wildman–Crippen LogP) is 4.14. The van der Waals surface area contributed by atoms with E-state index in [1.54, 1.807) is 18.9 Å². The van der Waals surface area contributed by atoms with Crippen LogP contribution in [0.2, 0.25) is 5.02 Å². The molecule has 1 aromatic carbocycles. The molecule has 2 aromatic rings. The van der Waals surface area contributed by atoms with Gasteiger partial charge in [-0.2, -0.15) is 18.2 Å². The number of likely N-dealkylation sites (tertiary alicyclic amines) is 1. The number of alkyl halides is 3. The zero-order valence-electron chi connectivity index (χ0n) is 20.8. The highest BCUT2D eigenvalue weighted by molar-refractivity contribution is 6.32. The molecule has 1 aliphatic rings. The Morgan fingerprint density at radius 2 is 2.03 bits per heavy atom. The fraction of sp³-hybridized carbons (Fsp3) is 0.458. The van der Waals surface area contributed by atoms with Crippen molar-refractivity contribution >= 4 is 34.9 Å². The number of aliphatic imine (C=N–C) groups is 1. The summed E-state index contributed by atoms with van der Waals surface area (Å²) in [5.74, 6) is 1.32. The number of aryl methyl sites for hydroxylation is 1. The summed E-state index contributed by atoms with van der Waals surface area (Å²) in [6, 6.07) is 3.83. The van der Waals surface area contributed by atoms with Gasteiger partial charge in [0.05, 0.1) is 13.3 Å². The summed E-state index contributed by atoms with van der Waals surface area (Å²) in [7, 11) is 1.56.